The maximum Gasteiger partial charge on any atom is 0.303 e. The standard InChI is InChI=1S/C12H16O3.C2H6/c1-9(13)15-12(2,3)10-5-7-11(14-4)8-6-10;1-2/h5-8H,1-4H3;1-2H3. The minimum Gasteiger partial charge on any atom is -0.497 e. The van der Waals surface area contributed by atoms with Crippen LogP contribution >= 0.6 is 0 Å². The van der Waals surface area contributed by atoms with Crippen molar-refractivity contribution in [3.63, 3.8) is 0 Å². The number of rotatable bonds is 3. The summed E-state index contributed by atoms with van der Waals surface area (Å²) in [5.74, 6) is 0.508. The molecule has 3 heteroatoms. The Bertz CT molecular complexity index is 339. The van der Waals surface area contributed by atoms with E-state index in [1.165, 1.54) is 6.92 Å². The highest BCUT2D eigenvalue weighted by Crippen LogP contribution is 2.26. The lowest BCUT2D eigenvalue weighted by Gasteiger charge is -2.25. The fraction of sp³-hybridized carbons (Fsp3) is 0.500. The number of ether oxygens (including phenoxy) is 2. The summed E-state index contributed by atoms with van der Waals surface area (Å²) in [7, 11) is 1.62. The fourth-order valence-electron chi connectivity index (χ4n) is 1.41. The minimum atomic E-state index is -0.599. The van der Waals surface area contributed by atoms with Crippen LogP contribution in [0.15, 0.2) is 24.3 Å². The van der Waals surface area contributed by atoms with Crippen molar-refractivity contribution >= 4 is 5.97 Å². The lowest BCUT2D eigenvalue weighted by Crippen LogP contribution is -2.24. The highest BCUT2D eigenvalue weighted by atomic mass is 16.6. The zero-order chi connectivity index (χ0) is 13.5. The van der Waals surface area contributed by atoms with Crippen LogP contribution in [-0.4, -0.2) is 13.1 Å². The molecule has 0 atom stereocenters. The maximum absolute atomic E-state index is 10.9. The van der Waals surface area contributed by atoms with Gasteiger partial charge in [-0.2, -0.15) is 0 Å². The SMILES string of the molecule is CC.COc1ccc(C(C)(C)OC(C)=O)cc1. The summed E-state index contributed by atoms with van der Waals surface area (Å²) in [6.45, 7) is 9.12. The molecule has 0 N–H and O–H groups in total. The van der Waals surface area contributed by atoms with Crippen LogP contribution < -0.4 is 4.74 Å². The number of carbonyl (C=O) groups excluding carboxylic acids is 1. The Kier molecular flexibility index (Phi) is 6.33. The van der Waals surface area contributed by atoms with Crippen molar-refractivity contribution in [2.45, 2.75) is 40.2 Å². The van der Waals surface area contributed by atoms with Gasteiger partial charge in [0.1, 0.15) is 11.4 Å². The molecule has 17 heavy (non-hydrogen) atoms. The first kappa shape index (κ1) is 15.5. The third-order valence-electron chi connectivity index (χ3n) is 2.18. The fourth-order valence-corrected chi connectivity index (χ4v) is 1.41. The summed E-state index contributed by atoms with van der Waals surface area (Å²) in [6, 6.07) is 7.48. The number of hydrogen-bond donors (Lipinski definition) is 0. The van der Waals surface area contributed by atoms with Gasteiger partial charge >= 0.3 is 5.97 Å². The van der Waals surface area contributed by atoms with E-state index in [4.69, 9.17) is 9.47 Å². The van der Waals surface area contributed by atoms with E-state index in [-0.39, 0.29) is 5.97 Å². The normalized spacial score (nSPS) is 10.0. The molecular weight excluding hydrogens is 216 g/mol. The topological polar surface area (TPSA) is 35.5 Å². The van der Waals surface area contributed by atoms with Gasteiger partial charge in [0, 0.05) is 6.92 Å². The van der Waals surface area contributed by atoms with E-state index in [0.29, 0.717) is 0 Å². The Morgan fingerprint density at radius 1 is 1.12 bits per heavy atom. The van der Waals surface area contributed by atoms with Gasteiger partial charge in [0.05, 0.1) is 7.11 Å². The summed E-state index contributed by atoms with van der Waals surface area (Å²) in [6.07, 6.45) is 0. The summed E-state index contributed by atoms with van der Waals surface area (Å²) in [5, 5.41) is 0. The summed E-state index contributed by atoms with van der Waals surface area (Å²) in [5.41, 5.74) is 0.344. The highest BCUT2D eigenvalue weighted by molar-refractivity contribution is 5.66. The summed E-state index contributed by atoms with van der Waals surface area (Å²) >= 11 is 0. The molecule has 0 saturated heterocycles. The average Bonchev–Trinajstić information content (AvgIpc) is 2.30. The zero-order valence-electron chi connectivity index (χ0n) is 11.5. The van der Waals surface area contributed by atoms with Gasteiger partial charge in [-0.05, 0) is 31.5 Å². The number of esters is 1. The van der Waals surface area contributed by atoms with E-state index in [9.17, 15) is 4.79 Å². The molecule has 0 aliphatic heterocycles. The largest absolute Gasteiger partial charge is 0.497 e. The molecule has 0 amide bonds. The van der Waals surface area contributed by atoms with Crippen LogP contribution in [0.5, 0.6) is 5.75 Å². The van der Waals surface area contributed by atoms with Crippen molar-refractivity contribution in [2.75, 3.05) is 7.11 Å². The predicted molar refractivity (Wildman–Crippen MR) is 69.1 cm³/mol. The van der Waals surface area contributed by atoms with Gasteiger partial charge in [-0.15, -0.1) is 0 Å². The van der Waals surface area contributed by atoms with Gasteiger partial charge in [-0.3, -0.25) is 4.79 Å². The van der Waals surface area contributed by atoms with E-state index in [2.05, 4.69) is 0 Å². The van der Waals surface area contributed by atoms with Crippen LogP contribution in [0.4, 0.5) is 0 Å². The highest BCUT2D eigenvalue weighted by Gasteiger charge is 2.23. The monoisotopic (exact) mass is 238 g/mol. The van der Waals surface area contributed by atoms with Gasteiger partial charge in [-0.25, -0.2) is 0 Å². The molecule has 1 aromatic rings. The first-order valence-corrected chi connectivity index (χ1v) is 5.80. The van der Waals surface area contributed by atoms with Gasteiger partial charge < -0.3 is 9.47 Å². The molecule has 96 valence electrons. The number of hydrogen-bond acceptors (Lipinski definition) is 3. The quantitative estimate of drug-likeness (QED) is 0.756. The molecule has 0 heterocycles. The van der Waals surface area contributed by atoms with Crippen molar-refractivity contribution in [1.82, 2.24) is 0 Å². The van der Waals surface area contributed by atoms with Crippen molar-refractivity contribution in [3.05, 3.63) is 29.8 Å². The Labute approximate surface area is 104 Å². The van der Waals surface area contributed by atoms with Gasteiger partial charge in [-0.1, -0.05) is 26.0 Å². The molecule has 0 saturated carbocycles. The first-order valence-electron chi connectivity index (χ1n) is 5.80. The molecular formula is C14H22O3. The summed E-state index contributed by atoms with van der Waals surface area (Å²) < 4.78 is 10.3. The van der Waals surface area contributed by atoms with Crippen LogP contribution in [0.3, 0.4) is 0 Å². The van der Waals surface area contributed by atoms with E-state index in [1.54, 1.807) is 7.11 Å². The minimum absolute atomic E-state index is 0.282. The third kappa shape index (κ3) is 4.89. The van der Waals surface area contributed by atoms with Gasteiger partial charge in [0.15, 0.2) is 0 Å². The second-order valence-corrected chi connectivity index (χ2v) is 3.83. The van der Waals surface area contributed by atoms with E-state index in [0.717, 1.165) is 11.3 Å². The maximum atomic E-state index is 10.9. The molecule has 0 aliphatic carbocycles. The van der Waals surface area contributed by atoms with Crippen LogP contribution in [-0.2, 0) is 15.1 Å². The summed E-state index contributed by atoms with van der Waals surface area (Å²) in [4.78, 5) is 10.9. The van der Waals surface area contributed by atoms with Crippen molar-refractivity contribution in [3.8, 4) is 5.75 Å². The average molecular weight is 238 g/mol. The second kappa shape index (κ2) is 6.94. The van der Waals surface area contributed by atoms with E-state index < -0.39 is 5.60 Å². The zero-order valence-corrected chi connectivity index (χ0v) is 11.5. The van der Waals surface area contributed by atoms with Gasteiger partial charge in [0.25, 0.3) is 0 Å². The Morgan fingerprint density at radius 2 is 1.59 bits per heavy atom. The van der Waals surface area contributed by atoms with Gasteiger partial charge in [0.2, 0.25) is 0 Å². The third-order valence-corrected chi connectivity index (χ3v) is 2.18. The molecule has 1 rings (SSSR count). The lowest BCUT2D eigenvalue weighted by molar-refractivity contribution is -0.154. The second-order valence-electron chi connectivity index (χ2n) is 3.83. The molecule has 3 nitrogen and oxygen atoms in total. The Hall–Kier alpha value is -1.51. The van der Waals surface area contributed by atoms with Crippen molar-refractivity contribution in [1.29, 1.82) is 0 Å². The first-order chi connectivity index (χ1) is 7.95. The smallest absolute Gasteiger partial charge is 0.303 e. The molecule has 0 fully saturated rings. The number of methoxy groups -OCH3 is 1. The molecule has 0 spiro atoms. The van der Waals surface area contributed by atoms with Crippen LogP contribution in [0.1, 0.15) is 40.2 Å². The number of carbonyl (C=O) groups is 1. The van der Waals surface area contributed by atoms with Crippen LogP contribution in [0.2, 0.25) is 0 Å². The molecule has 0 unspecified atom stereocenters. The van der Waals surface area contributed by atoms with Crippen LogP contribution in [0.25, 0.3) is 0 Å². The van der Waals surface area contributed by atoms with Crippen molar-refractivity contribution in [2.24, 2.45) is 0 Å². The lowest BCUT2D eigenvalue weighted by atomic mass is 9.98. The molecule has 0 bridgehead atoms. The molecule has 0 aliphatic rings. The predicted octanol–water partition coefficient (Wildman–Crippen LogP) is 3.52. The molecule has 0 aromatic heterocycles. The van der Waals surface area contributed by atoms with Crippen molar-refractivity contribution < 1.29 is 14.3 Å². The Balaban J connectivity index is 0.00000121. The van der Waals surface area contributed by atoms with Crippen LogP contribution in [0, 0.1) is 0 Å². The van der Waals surface area contributed by atoms with E-state index >= 15 is 0 Å². The Morgan fingerprint density at radius 3 is 1.94 bits per heavy atom. The number of benzene rings is 1. The van der Waals surface area contributed by atoms with E-state index in [1.807, 2.05) is 52.0 Å². The molecule has 1 aromatic carbocycles. The molecule has 0 radical (unpaired) electrons.